The molecular formula is C12H14N2O5. The molecule has 0 spiro atoms. The molecule has 0 bridgehead atoms. The maximum Gasteiger partial charge on any atom is 0.279 e. The number of nitro groups is 1. The molecule has 1 aliphatic heterocycles. The lowest BCUT2D eigenvalue weighted by molar-refractivity contribution is -0.386. The van der Waals surface area contributed by atoms with E-state index in [-0.39, 0.29) is 11.6 Å². The Hall–Kier alpha value is -1.99. The Labute approximate surface area is 109 Å². The molecule has 1 aromatic carbocycles. The van der Waals surface area contributed by atoms with Gasteiger partial charge in [-0.05, 0) is 12.1 Å². The summed E-state index contributed by atoms with van der Waals surface area (Å²) in [6, 6.07) is 4.54. The number of carbonyl (C=O) groups excluding carboxylic acids is 1. The van der Waals surface area contributed by atoms with E-state index in [0.717, 1.165) is 0 Å². The summed E-state index contributed by atoms with van der Waals surface area (Å²) in [7, 11) is 1.56. The van der Waals surface area contributed by atoms with Gasteiger partial charge in [0.25, 0.3) is 5.69 Å². The molecule has 7 heteroatoms. The Bertz CT molecular complexity index is 511. The quantitative estimate of drug-likeness (QED) is 0.613. The summed E-state index contributed by atoms with van der Waals surface area (Å²) in [5.41, 5.74) is 0.710. The van der Waals surface area contributed by atoms with Gasteiger partial charge in [-0.2, -0.15) is 0 Å². The van der Waals surface area contributed by atoms with E-state index in [4.69, 9.17) is 9.47 Å². The van der Waals surface area contributed by atoms with Crippen molar-refractivity contribution in [2.75, 3.05) is 25.2 Å². The average Bonchev–Trinajstić information content (AvgIpc) is 2.90. The van der Waals surface area contributed by atoms with Crippen LogP contribution >= 0.6 is 0 Å². The van der Waals surface area contributed by atoms with E-state index in [1.807, 2.05) is 0 Å². The van der Waals surface area contributed by atoms with Crippen LogP contribution in [-0.2, 0) is 14.3 Å². The number of anilines is 1. The second-order valence-corrected chi connectivity index (χ2v) is 4.15. The number of ether oxygens (including phenoxy) is 2. The summed E-state index contributed by atoms with van der Waals surface area (Å²) in [5, 5.41) is 11.1. The highest BCUT2D eigenvalue weighted by Crippen LogP contribution is 2.33. The normalized spacial score (nSPS) is 15.5. The number of hydrogen-bond acceptors (Lipinski definition) is 5. The van der Waals surface area contributed by atoms with Crippen LogP contribution in [0.25, 0.3) is 0 Å². The summed E-state index contributed by atoms with van der Waals surface area (Å²) in [5.74, 6) is -0.199. The number of nitro benzene ring substituents is 1. The minimum absolute atomic E-state index is 0.113. The topological polar surface area (TPSA) is 81.9 Å². The molecule has 1 amide bonds. The van der Waals surface area contributed by atoms with Gasteiger partial charge < -0.3 is 14.4 Å². The lowest BCUT2D eigenvalue weighted by Crippen LogP contribution is -2.23. The van der Waals surface area contributed by atoms with Crippen LogP contribution in [0.15, 0.2) is 18.2 Å². The predicted octanol–water partition coefficient (Wildman–Crippen LogP) is 1.62. The third kappa shape index (κ3) is 2.72. The Morgan fingerprint density at radius 2 is 2.05 bits per heavy atom. The average molecular weight is 266 g/mol. The zero-order valence-corrected chi connectivity index (χ0v) is 10.7. The summed E-state index contributed by atoms with van der Waals surface area (Å²) in [6.07, 6.45) is -0.711. The van der Waals surface area contributed by atoms with Crippen LogP contribution in [0.1, 0.15) is 18.8 Å². The van der Waals surface area contributed by atoms with Gasteiger partial charge in [-0.3, -0.25) is 14.9 Å². The van der Waals surface area contributed by atoms with E-state index < -0.39 is 11.2 Å². The molecule has 1 heterocycles. The Morgan fingerprint density at radius 3 is 2.58 bits per heavy atom. The summed E-state index contributed by atoms with van der Waals surface area (Å²) in [6.45, 7) is 2.22. The number of amides is 1. The number of hydrogen-bond donors (Lipinski definition) is 0. The molecule has 1 aromatic rings. The van der Waals surface area contributed by atoms with Crippen LogP contribution in [-0.4, -0.2) is 31.1 Å². The van der Waals surface area contributed by atoms with Crippen LogP contribution in [0, 0.1) is 10.1 Å². The first kappa shape index (κ1) is 13.4. The van der Waals surface area contributed by atoms with Crippen LogP contribution in [0.5, 0.6) is 0 Å². The summed E-state index contributed by atoms with van der Waals surface area (Å²) in [4.78, 5) is 23.2. The Morgan fingerprint density at radius 1 is 1.42 bits per heavy atom. The second-order valence-electron chi connectivity index (χ2n) is 4.15. The highest BCUT2D eigenvalue weighted by atomic mass is 16.7. The molecule has 0 N–H and O–H groups in total. The van der Waals surface area contributed by atoms with Crippen molar-refractivity contribution in [1.29, 1.82) is 0 Å². The van der Waals surface area contributed by atoms with Gasteiger partial charge in [0.1, 0.15) is 0 Å². The van der Waals surface area contributed by atoms with E-state index in [9.17, 15) is 14.9 Å². The van der Waals surface area contributed by atoms with E-state index in [0.29, 0.717) is 24.5 Å². The maximum atomic E-state index is 11.3. The molecule has 102 valence electrons. The molecule has 7 nitrogen and oxygen atoms in total. The zero-order chi connectivity index (χ0) is 14.0. The smallest absolute Gasteiger partial charge is 0.279 e. The van der Waals surface area contributed by atoms with Crippen molar-refractivity contribution < 1.29 is 19.2 Å². The Balaban J connectivity index is 2.40. The van der Waals surface area contributed by atoms with Gasteiger partial charge in [0, 0.05) is 20.0 Å². The predicted molar refractivity (Wildman–Crippen MR) is 66.8 cm³/mol. The van der Waals surface area contributed by atoms with Crippen molar-refractivity contribution in [2.45, 2.75) is 13.2 Å². The SMILES string of the molecule is CC(=O)N(C)c1ccc(C2OCCO2)c([N+](=O)[O-])c1. The van der Waals surface area contributed by atoms with Crippen molar-refractivity contribution in [1.82, 2.24) is 0 Å². The fourth-order valence-electron chi connectivity index (χ4n) is 1.82. The van der Waals surface area contributed by atoms with Crippen molar-refractivity contribution in [3.63, 3.8) is 0 Å². The molecule has 0 unspecified atom stereocenters. The van der Waals surface area contributed by atoms with Crippen molar-refractivity contribution in [3.8, 4) is 0 Å². The van der Waals surface area contributed by atoms with E-state index >= 15 is 0 Å². The standard InChI is InChI=1S/C12H14N2O5/c1-8(15)13(2)9-3-4-10(11(7-9)14(16)17)12-18-5-6-19-12/h3-4,7,12H,5-6H2,1-2H3. The van der Waals surface area contributed by atoms with Crippen LogP contribution < -0.4 is 4.90 Å². The first-order chi connectivity index (χ1) is 9.00. The fourth-order valence-corrected chi connectivity index (χ4v) is 1.82. The molecule has 0 atom stereocenters. The third-order valence-electron chi connectivity index (χ3n) is 2.95. The van der Waals surface area contributed by atoms with Crippen LogP contribution in [0.2, 0.25) is 0 Å². The fraction of sp³-hybridized carbons (Fsp3) is 0.417. The van der Waals surface area contributed by atoms with Crippen molar-refractivity contribution in [2.24, 2.45) is 0 Å². The highest BCUT2D eigenvalue weighted by Gasteiger charge is 2.27. The second kappa shape index (κ2) is 5.33. The van der Waals surface area contributed by atoms with Gasteiger partial charge >= 0.3 is 0 Å². The van der Waals surface area contributed by atoms with Gasteiger partial charge in [-0.25, -0.2) is 0 Å². The Kier molecular flexibility index (Phi) is 3.77. The summed E-state index contributed by atoms with van der Waals surface area (Å²) < 4.78 is 10.5. The largest absolute Gasteiger partial charge is 0.346 e. The molecule has 0 aromatic heterocycles. The van der Waals surface area contributed by atoms with Crippen molar-refractivity contribution >= 4 is 17.3 Å². The highest BCUT2D eigenvalue weighted by molar-refractivity contribution is 5.91. The lowest BCUT2D eigenvalue weighted by Gasteiger charge is -2.16. The van der Waals surface area contributed by atoms with Gasteiger partial charge in [-0.1, -0.05) is 0 Å². The number of benzene rings is 1. The molecule has 2 rings (SSSR count). The lowest BCUT2D eigenvalue weighted by atomic mass is 10.1. The van der Waals surface area contributed by atoms with Gasteiger partial charge in [-0.15, -0.1) is 0 Å². The first-order valence-corrected chi connectivity index (χ1v) is 5.76. The summed E-state index contributed by atoms with van der Waals surface area (Å²) >= 11 is 0. The molecule has 0 aliphatic carbocycles. The molecule has 0 radical (unpaired) electrons. The minimum atomic E-state index is -0.711. The molecule has 19 heavy (non-hydrogen) atoms. The van der Waals surface area contributed by atoms with E-state index in [2.05, 4.69) is 0 Å². The van der Waals surface area contributed by atoms with Crippen LogP contribution in [0.3, 0.4) is 0 Å². The maximum absolute atomic E-state index is 11.3. The van der Waals surface area contributed by atoms with E-state index in [1.165, 1.54) is 17.9 Å². The molecule has 1 aliphatic rings. The minimum Gasteiger partial charge on any atom is -0.346 e. The first-order valence-electron chi connectivity index (χ1n) is 5.76. The number of rotatable bonds is 3. The molecule has 1 fully saturated rings. The monoisotopic (exact) mass is 266 g/mol. The van der Waals surface area contributed by atoms with Gasteiger partial charge in [0.05, 0.1) is 29.4 Å². The van der Waals surface area contributed by atoms with Gasteiger partial charge in [0.2, 0.25) is 5.91 Å². The number of nitrogens with zero attached hydrogens (tertiary/aromatic N) is 2. The molecular weight excluding hydrogens is 252 g/mol. The molecule has 0 saturated carbocycles. The van der Waals surface area contributed by atoms with Crippen LogP contribution in [0.4, 0.5) is 11.4 Å². The number of carbonyl (C=O) groups is 1. The third-order valence-corrected chi connectivity index (χ3v) is 2.95. The van der Waals surface area contributed by atoms with Gasteiger partial charge in [0.15, 0.2) is 6.29 Å². The molecule has 1 saturated heterocycles. The van der Waals surface area contributed by atoms with Crippen molar-refractivity contribution in [3.05, 3.63) is 33.9 Å². The zero-order valence-electron chi connectivity index (χ0n) is 10.7. The van der Waals surface area contributed by atoms with E-state index in [1.54, 1.807) is 19.2 Å².